The molecule has 0 radical (unpaired) electrons. The number of esters is 1. The number of ether oxygens (including phenoxy) is 1. The lowest BCUT2D eigenvalue weighted by Crippen LogP contribution is -2.51. The number of hydrogen-bond donors (Lipinski definition) is 0. The molecule has 2 aliphatic rings. The van der Waals surface area contributed by atoms with Crippen LogP contribution in [-0.2, 0) is 4.74 Å². The predicted molar refractivity (Wildman–Crippen MR) is 86.2 cm³/mol. The van der Waals surface area contributed by atoms with E-state index in [9.17, 15) is 4.79 Å². The van der Waals surface area contributed by atoms with Gasteiger partial charge in [0, 0.05) is 38.4 Å². The first-order valence-corrected chi connectivity index (χ1v) is 8.31. The van der Waals surface area contributed by atoms with Crippen molar-refractivity contribution >= 4 is 11.8 Å². The highest BCUT2D eigenvalue weighted by Crippen LogP contribution is 2.24. The van der Waals surface area contributed by atoms with Gasteiger partial charge in [0.1, 0.15) is 5.82 Å². The van der Waals surface area contributed by atoms with Crippen molar-refractivity contribution in [2.24, 2.45) is 0 Å². The molecule has 1 saturated carbocycles. The second kappa shape index (κ2) is 7.09. The molecule has 0 spiro atoms. The lowest BCUT2D eigenvalue weighted by Gasteiger charge is -2.41. The average molecular weight is 303 g/mol. The summed E-state index contributed by atoms with van der Waals surface area (Å²) in [7, 11) is 1.39. The van der Waals surface area contributed by atoms with Gasteiger partial charge < -0.3 is 9.64 Å². The molecular weight excluding hydrogens is 278 g/mol. The first-order valence-electron chi connectivity index (χ1n) is 8.31. The summed E-state index contributed by atoms with van der Waals surface area (Å²) in [6, 6.07) is 4.51. The third-order valence-corrected chi connectivity index (χ3v) is 4.90. The summed E-state index contributed by atoms with van der Waals surface area (Å²) in [5, 5.41) is 0. The number of anilines is 1. The molecule has 2 heterocycles. The second-order valence-electron chi connectivity index (χ2n) is 6.21. The highest BCUT2D eigenvalue weighted by Gasteiger charge is 2.25. The van der Waals surface area contributed by atoms with E-state index in [4.69, 9.17) is 4.74 Å². The van der Waals surface area contributed by atoms with Gasteiger partial charge in [-0.1, -0.05) is 19.3 Å². The molecule has 5 heteroatoms. The molecule has 0 atom stereocenters. The average Bonchev–Trinajstić information content (AvgIpc) is 2.62. The third-order valence-electron chi connectivity index (χ3n) is 4.90. The van der Waals surface area contributed by atoms with E-state index >= 15 is 0 Å². The fourth-order valence-corrected chi connectivity index (χ4v) is 3.57. The van der Waals surface area contributed by atoms with Crippen molar-refractivity contribution in [3.63, 3.8) is 0 Å². The van der Waals surface area contributed by atoms with Gasteiger partial charge in [-0.05, 0) is 25.0 Å². The molecule has 1 aromatic heterocycles. The third kappa shape index (κ3) is 3.40. The van der Waals surface area contributed by atoms with E-state index in [1.807, 2.05) is 6.07 Å². The molecule has 1 aliphatic carbocycles. The molecule has 0 N–H and O–H groups in total. The Morgan fingerprint density at radius 2 is 1.86 bits per heavy atom. The standard InChI is InChI=1S/C17H25N3O2/c1-22-17(21)14-7-8-16(18-13-14)20-11-9-19(10-12-20)15-5-3-2-4-6-15/h7-8,13,15H,2-6,9-12H2,1H3. The zero-order chi connectivity index (χ0) is 15.4. The Kier molecular flexibility index (Phi) is 4.93. The van der Waals surface area contributed by atoms with E-state index in [0.29, 0.717) is 5.56 Å². The van der Waals surface area contributed by atoms with Crippen LogP contribution in [0.5, 0.6) is 0 Å². The van der Waals surface area contributed by atoms with E-state index in [0.717, 1.165) is 38.0 Å². The summed E-state index contributed by atoms with van der Waals surface area (Å²) >= 11 is 0. The minimum Gasteiger partial charge on any atom is -0.465 e. The molecule has 22 heavy (non-hydrogen) atoms. The van der Waals surface area contributed by atoms with Gasteiger partial charge in [-0.25, -0.2) is 9.78 Å². The van der Waals surface area contributed by atoms with Crippen molar-refractivity contribution in [2.75, 3.05) is 38.2 Å². The van der Waals surface area contributed by atoms with E-state index in [-0.39, 0.29) is 5.97 Å². The van der Waals surface area contributed by atoms with E-state index in [1.165, 1.54) is 39.2 Å². The van der Waals surface area contributed by atoms with Crippen LogP contribution in [0.1, 0.15) is 42.5 Å². The Bertz CT molecular complexity index is 489. The van der Waals surface area contributed by atoms with Crippen LogP contribution in [-0.4, -0.2) is 55.2 Å². The maximum atomic E-state index is 11.4. The molecule has 120 valence electrons. The Morgan fingerprint density at radius 1 is 1.14 bits per heavy atom. The van der Waals surface area contributed by atoms with Gasteiger partial charge in [-0.3, -0.25) is 4.90 Å². The van der Waals surface area contributed by atoms with Crippen molar-refractivity contribution in [1.29, 1.82) is 0 Å². The molecule has 1 saturated heterocycles. The maximum absolute atomic E-state index is 11.4. The van der Waals surface area contributed by atoms with Crippen LogP contribution in [0.3, 0.4) is 0 Å². The summed E-state index contributed by atoms with van der Waals surface area (Å²) in [6.07, 6.45) is 8.53. The lowest BCUT2D eigenvalue weighted by atomic mass is 9.94. The van der Waals surface area contributed by atoms with Crippen LogP contribution in [0, 0.1) is 0 Å². The van der Waals surface area contributed by atoms with Gasteiger partial charge in [0.2, 0.25) is 0 Å². The number of methoxy groups -OCH3 is 1. The molecule has 1 aliphatic heterocycles. The lowest BCUT2D eigenvalue weighted by molar-refractivity contribution is 0.0600. The fraction of sp³-hybridized carbons (Fsp3) is 0.647. The molecule has 2 fully saturated rings. The zero-order valence-electron chi connectivity index (χ0n) is 13.3. The Balaban J connectivity index is 1.55. The van der Waals surface area contributed by atoms with Crippen LogP contribution in [0.25, 0.3) is 0 Å². The number of hydrogen-bond acceptors (Lipinski definition) is 5. The number of piperazine rings is 1. The predicted octanol–water partition coefficient (Wildman–Crippen LogP) is 2.32. The minimum atomic E-state index is -0.332. The number of pyridine rings is 1. The van der Waals surface area contributed by atoms with Gasteiger partial charge in [0.05, 0.1) is 12.7 Å². The number of carbonyl (C=O) groups is 1. The molecule has 0 amide bonds. The van der Waals surface area contributed by atoms with Crippen molar-refractivity contribution in [2.45, 2.75) is 38.1 Å². The van der Waals surface area contributed by atoms with Gasteiger partial charge >= 0.3 is 5.97 Å². The highest BCUT2D eigenvalue weighted by atomic mass is 16.5. The molecule has 1 aromatic rings. The Labute approximate surface area is 132 Å². The maximum Gasteiger partial charge on any atom is 0.339 e. The quantitative estimate of drug-likeness (QED) is 0.802. The SMILES string of the molecule is COC(=O)c1ccc(N2CCN(C3CCCCC3)CC2)nc1. The van der Waals surface area contributed by atoms with Crippen molar-refractivity contribution < 1.29 is 9.53 Å². The summed E-state index contributed by atoms with van der Waals surface area (Å²) in [4.78, 5) is 20.8. The summed E-state index contributed by atoms with van der Waals surface area (Å²) in [5.41, 5.74) is 0.507. The van der Waals surface area contributed by atoms with Gasteiger partial charge in [0.15, 0.2) is 0 Å². The van der Waals surface area contributed by atoms with Crippen LogP contribution in [0.2, 0.25) is 0 Å². The van der Waals surface area contributed by atoms with Crippen LogP contribution >= 0.6 is 0 Å². The van der Waals surface area contributed by atoms with Gasteiger partial charge in [-0.15, -0.1) is 0 Å². The monoisotopic (exact) mass is 303 g/mol. The number of carbonyl (C=O) groups excluding carboxylic acids is 1. The first-order chi connectivity index (χ1) is 10.8. The van der Waals surface area contributed by atoms with Gasteiger partial charge in [-0.2, -0.15) is 0 Å². The molecular formula is C17H25N3O2. The normalized spacial score (nSPS) is 20.9. The summed E-state index contributed by atoms with van der Waals surface area (Å²) in [6.45, 7) is 4.26. The number of aromatic nitrogens is 1. The van der Waals surface area contributed by atoms with Crippen molar-refractivity contribution in [1.82, 2.24) is 9.88 Å². The van der Waals surface area contributed by atoms with E-state index in [2.05, 4.69) is 14.8 Å². The molecule has 0 aromatic carbocycles. The van der Waals surface area contributed by atoms with Crippen molar-refractivity contribution in [3.05, 3.63) is 23.9 Å². The Morgan fingerprint density at radius 3 is 2.45 bits per heavy atom. The second-order valence-corrected chi connectivity index (χ2v) is 6.21. The van der Waals surface area contributed by atoms with E-state index < -0.39 is 0 Å². The zero-order valence-corrected chi connectivity index (χ0v) is 13.3. The number of nitrogens with zero attached hydrogens (tertiary/aromatic N) is 3. The van der Waals surface area contributed by atoms with Crippen LogP contribution in [0.15, 0.2) is 18.3 Å². The summed E-state index contributed by atoms with van der Waals surface area (Å²) < 4.78 is 4.70. The molecule has 3 rings (SSSR count). The van der Waals surface area contributed by atoms with Crippen LogP contribution < -0.4 is 4.90 Å². The topological polar surface area (TPSA) is 45.7 Å². The Hall–Kier alpha value is -1.62. The fourth-order valence-electron chi connectivity index (χ4n) is 3.57. The highest BCUT2D eigenvalue weighted by molar-refractivity contribution is 5.89. The van der Waals surface area contributed by atoms with E-state index in [1.54, 1.807) is 12.3 Å². The molecule has 0 unspecified atom stereocenters. The molecule has 0 bridgehead atoms. The van der Waals surface area contributed by atoms with Gasteiger partial charge in [0.25, 0.3) is 0 Å². The minimum absolute atomic E-state index is 0.332. The van der Waals surface area contributed by atoms with Crippen LogP contribution in [0.4, 0.5) is 5.82 Å². The number of rotatable bonds is 3. The van der Waals surface area contributed by atoms with Crippen molar-refractivity contribution in [3.8, 4) is 0 Å². The molecule has 5 nitrogen and oxygen atoms in total. The smallest absolute Gasteiger partial charge is 0.339 e. The first kappa shape index (κ1) is 15.3. The summed E-state index contributed by atoms with van der Waals surface area (Å²) in [5.74, 6) is 0.622. The largest absolute Gasteiger partial charge is 0.465 e.